The molecule has 1 aliphatic rings. The molecule has 0 bridgehead atoms. The Hall–Kier alpha value is -4.32. The van der Waals surface area contributed by atoms with E-state index in [-0.39, 0.29) is 18.3 Å². The Kier molecular flexibility index (Phi) is 8.11. The maximum absolute atomic E-state index is 13.9. The van der Waals surface area contributed by atoms with Crippen LogP contribution in [-0.4, -0.2) is 51.5 Å². The van der Waals surface area contributed by atoms with Gasteiger partial charge < -0.3 is 25.4 Å². The zero-order valence-corrected chi connectivity index (χ0v) is 21.4. The Labute approximate surface area is 223 Å². The lowest BCUT2D eigenvalue weighted by Crippen LogP contribution is -2.38. The summed E-state index contributed by atoms with van der Waals surface area (Å²) in [6.07, 6.45) is 7.96. The lowest BCUT2D eigenvalue weighted by atomic mass is 10.1. The zero-order valence-electron chi connectivity index (χ0n) is 21.4. The molecule has 2 aromatic carbocycles. The molecule has 204 valence electrons. The summed E-state index contributed by atoms with van der Waals surface area (Å²) in [7, 11) is 0. The molecule has 1 amide bonds. The second-order valence-electron chi connectivity index (χ2n) is 9.13. The highest BCUT2D eigenvalue weighted by atomic mass is 19.2. The molecule has 4 aromatic rings. The fraction of sp³-hybridized carbons (Fsp3) is 0.333. The van der Waals surface area contributed by atoms with Crippen molar-refractivity contribution in [2.75, 3.05) is 30.4 Å². The first kappa shape index (κ1) is 26.3. The second-order valence-corrected chi connectivity index (χ2v) is 9.13. The van der Waals surface area contributed by atoms with Crippen molar-refractivity contribution in [2.45, 2.75) is 38.8 Å². The topological polar surface area (TPSA) is 115 Å². The van der Waals surface area contributed by atoms with Crippen molar-refractivity contribution in [2.24, 2.45) is 0 Å². The molecule has 1 aliphatic heterocycles. The van der Waals surface area contributed by atoms with Gasteiger partial charge in [-0.25, -0.2) is 18.7 Å². The number of amides is 1. The number of rotatable bonds is 10. The highest BCUT2D eigenvalue weighted by Gasteiger charge is 2.18. The molecule has 0 unspecified atom stereocenters. The zero-order chi connectivity index (χ0) is 27.2. The Morgan fingerprint density at radius 2 is 2.10 bits per heavy atom. The van der Waals surface area contributed by atoms with Crippen molar-refractivity contribution in [1.29, 1.82) is 0 Å². The average Bonchev–Trinajstić information content (AvgIpc) is 3.37. The Bertz CT molecular complexity index is 1460. The summed E-state index contributed by atoms with van der Waals surface area (Å²) in [5.74, 6) is -0.973. The number of benzene rings is 2. The summed E-state index contributed by atoms with van der Waals surface area (Å²) in [4.78, 5) is 21.2. The van der Waals surface area contributed by atoms with Crippen LogP contribution < -0.4 is 25.4 Å². The van der Waals surface area contributed by atoms with E-state index in [2.05, 4.69) is 31.0 Å². The average molecular weight is 538 g/mol. The lowest BCUT2D eigenvalue weighted by Gasteiger charge is -2.24. The largest absolute Gasteiger partial charge is 0.494 e. The van der Waals surface area contributed by atoms with Crippen LogP contribution in [0.2, 0.25) is 0 Å². The molecular formula is C27H29F2N7O3. The molecule has 0 saturated carbocycles. The minimum absolute atomic E-state index is 0.206. The van der Waals surface area contributed by atoms with Crippen LogP contribution in [0.25, 0.3) is 10.9 Å². The number of nitrogens with one attached hydrogen (secondary N) is 3. The van der Waals surface area contributed by atoms with Gasteiger partial charge in [-0.1, -0.05) is 12.5 Å². The lowest BCUT2D eigenvalue weighted by molar-refractivity contribution is -0.116. The van der Waals surface area contributed by atoms with Crippen LogP contribution in [0.4, 0.5) is 26.0 Å². The van der Waals surface area contributed by atoms with Gasteiger partial charge in [-0.15, -0.1) is 0 Å². The first-order chi connectivity index (χ1) is 19.0. The number of nitrogens with zero attached hydrogens (tertiary/aromatic N) is 4. The fourth-order valence-electron chi connectivity index (χ4n) is 4.43. The number of piperidine rings is 1. The number of ether oxygens (including phenoxy) is 2. The Balaban J connectivity index is 1.33. The third-order valence-electron chi connectivity index (χ3n) is 6.27. The van der Waals surface area contributed by atoms with Gasteiger partial charge in [0.1, 0.15) is 36.8 Å². The summed E-state index contributed by atoms with van der Waals surface area (Å²) < 4.78 is 40.7. The van der Waals surface area contributed by atoms with Crippen LogP contribution in [0.15, 0.2) is 49.1 Å². The van der Waals surface area contributed by atoms with E-state index >= 15 is 0 Å². The van der Waals surface area contributed by atoms with Crippen LogP contribution in [0, 0.1) is 11.6 Å². The van der Waals surface area contributed by atoms with Gasteiger partial charge in [-0.2, -0.15) is 5.10 Å². The molecule has 0 aliphatic carbocycles. The van der Waals surface area contributed by atoms with Gasteiger partial charge >= 0.3 is 0 Å². The molecule has 3 N–H and O–H groups in total. The van der Waals surface area contributed by atoms with Gasteiger partial charge in [0.2, 0.25) is 5.91 Å². The van der Waals surface area contributed by atoms with Gasteiger partial charge in [0.15, 0.2) is 11.6 Å². The van der Waals surface area contributed by atoms with Gasteiger partial charge in [0.05, 0.1) is 35.1 Å². The number of halogens is 2. The number of carbonyl (C=O) groups excluding carboxylic acids is 1. The molecule has 39 heavy (non-hydrogen) atoms. The van der Waals surface area contributed by atoms with Gasteiger partial charge in [-0.3, -0.25) is 9.48 Å². The minimum Gasteiger partial charge on any atom is -0.494 e. The number of hydrogen-bond acceptors (Lipinski definition) is 8. The van der Waals surface area contributed by atoms with Gasteiger partial charge in [-0.05, 0) is 38.4 Å². The number of anilines is 3. The highest BCUT2D eigenvalue weighted by molar-refractivity contribution is 5.96. The van der Waals surface area contributed by atoms with E-state index in [1.54, 1.807) is 6.20 Å². The predicted molar refractivity (Wildman–Crippen MR) is 142 cm³/mol. The standard InChI is InChI=1S/C27H29F2N7O3/c1-2-38-19-10-22-25(23(11-19)39-15-17-6-3-4-9-30-17)27(32-16-31-22)34-18-12-33-36(13-18)14-24(37)35-21-8-5-7-20(28)26(21)29/h5,7-8,10-13,16-17,30H,2-4,6,9,14-15H2,1H3,(H,35,37)(H,31,32,34)/t17-/m1/s1. The van der Waals surface area contributed by atoms with Crippen LogP contribution in [0.5, 0.6) is 11.5 Å². The molecule has 1 atom stereocenters. The van der Waals surface area contributed by atoms with E-state index in [1.807, 2.05) is 19.1 Å². The van der Waals surface area contributed by atoms with E-state index in [4.69, 9.17) is 9.47 Å². The summed E-state index contributed by atoms with van der Waals surface area (Å²) >= 11 is 0. The van der Waals surface area contributed by atoms with Crippen molar-refractivity contribution < 1.29 is 23.0 Å². The van der Waals surface area contributed by atoms with E-state index in [0.29, 0.717) is 47.1 Å². The van der Waals surface area contributed by atoms with Crippen molar-refractivity contribution in [1.82, 2.24) is 25.1 Å². The smallest absolute Gasteiger partial charge is 0.246 e. The maximum Gasteiger partial charge on any atom is 0.246 e. The van der Waals surface area contributed by atoms with Crippen LogP contribution in [-0.2, 0) is 11.3 Å². The van der Waals surface area contributed by atoms with Crippen LogP contribution in [0.3, 0.4) is 0 Å². The second kappa shape index (κ2) is 12.0. The SMILES string of the molecule is CCOc1cc(OC[C@H]2CCCCN2)c2c(Nc3cnn(CC(=O)Nc4cccc(F)c4F)c3)ncnc2c1. The maximum atomic E-state index is 13.9. The predicted octanol–water partition coefficient (Wildman–Crippen LogP) is 4.41. The monoisotopic (exact) mass is 537 g/mol. The Morgan fingerprint density at radius 3 is 2.92 bits per heavy atom. The fourth-order valence-corrected chi connectivity index (χ4v) is 4.43. The third kappa shape index (κ3) is 6.40. The molecule has 5 rings (SSSR count). The normalized spacial score (nSPS) is 15.2. The van der Waals surface area contributed by atoms with Crippen molar-refractivity contribution in [3.05, 3.63) is 60.7 Å². The Morgan fingerprint density at radius 1 is 1.21 bits per heavy atom. The molecular weight excluding hydrogens is 508 g/mol. The van der Waals surface area contributed by atoms with E-state index in [0.717, 1.165) is 31.9 Å². The minimum atomic E-state index is -1.12. The summed E-state index contributed by atoms with van der Waals surface area (Å²) in [5, 5.41) is 13.9. The quantitative estimate of drug-likeness (QED) is 0.273. The molecule has 3 heterocycles. The summed E-state index contributed by atoms with van der Waals surface area (Å²) in [6.45, 7) is 3.68. The third-order valence-corrected chi connectivity index (χ3v) is 6.27. The molecule has 12 heteroatoms. The number of carbonyl (C=O) groups is 1. The number of aromatic nitrogens is 4. The van der Waals surface area contributed by atoms with Crippen molar-refractivity contribution in [3.8, 4) is 11.5 Å². The molecule has 2 aromatic heterocycles. The molecule has 0 spiro atoms. The number of fused-ring (bicyclic) bond motifs is 1. The van der Waals surface area contributed by atoms with E-state index < -0.39 is 17.5 Å². The first-order valence-electron chi connectivity index (χ1n) is 12.8. The van der Waals surface area contributed by atoms with Gasteiger partial charge in [0.25, 0.3) is 0 Å². The molecule has 10 nitrogen and oxygen atoms in total. The molecule has 0 radical (unpaired) electrons. The summed E-state index contributed by atoms with van der Waals surface area (Å²) in [5.41, 5.74) is 0.975. The van der Waals surface area contributed by atoms with Crippen LogP contribution >= 0.6 is 0 Å². The molecule has 1 saturated heterocycles. The van der Waals surface area contributed by atoms with Crippen LogP contribution in [0.1, 0.15) is 26.2 Å². The highest BCUT2D eigenvalue weighted by Crippen LogP contribution is 2.35. The van der Waals surface area contributed by atoms with Crippen molar-refractivity contribution >= 4 is 34.0 Å². The summed E-state index contributed by atoms with van der Waals surface area (Å²) in [6, 6.07) is 7.51. The first-order valence-corrected chi connectivity index (χ1v) is 12.8. The van der Waals surface area contributed by atoms with Gasteiger partial charge in [0, 0.05) is 24.4 Å². The number of hydrogen-bond donors (Lipinski definition) is 3. The van der Waals surface area contributed by atoms with E-state index in [1.165, 1.54) is 29.3 Å². The molecule has 1 fully saturated rings. The van der Waals surface area contributed by atoms with E-state index in [9.17, 15) is 13.6 Å². The van der Waals surface area contributed by atoms with Crippen molar-refractivity contribution in [3.63, 3.8) is 0 Å².